The zero-order valence-corrected chi connectivity index (χ0v) is 24.4. The van der Waals surface area contributed by atoms with Gasteiger partial charge in [-0.2, -0.15) is 4.98 Å². The summed E-state index contributed by atoms with van der Waals surface area (Å²) >= 11 is 1.21. The lowest BCUT2D eigenvalue weighted by atomic mass is 9.92. The smallest absolute Gasteiger partial charge is 0.272 e. The van der Waals surface area contributed by atoms with Crippen LogP contribution in [0.1, 0.15) is 12.0 Å². The third-order valence-electron chi connectivity index (χ3n) is 6.76. The normalized spacial score (nSPS) is 18.1. The van der Waals surface area contributed by atoms with Crippen LogP contribution in [0.4, 0.5) is 22.3 Å². The molecule has 3 unspecified atom stereocenters. The van der Waals surface area contributed by atoms with E-state index >= 15 is 0 Å². The van der Waals surface area contributed by atoms with E-state index in [2.05, 4.69) is 25.8 Å². The van der Waals surface area contributed by atoms with Crippen LogP contribution in [-0.4, -0.2) is 76.0 Å². The molecule has 0 spiro atoms. The average molecular weight is 611 g/mol. The average Bonchev–Trinajstić information content (AvgIpc) is 3.62. The van der Waals surface area contributed by atoms with E-state index in [1.807, 2.05) is 6.92 Å². The van der Waals surface area contributed by atoms with Crippen molar-refractivity contribution in [2.75, 3.05) is 37.7 Å². The van der Waals surface area contributed by atoms with Gasteiger partial charge in [0.2, 0.25) is 11.6 Å². The van der Waals surface area contributed by atoms with Gasteiger partial charge in [0.05, 0.1) is 27.4 Å². The maximum absolute atomic E-state index is 12.8. The topological polar surface area (TPSA) is 207 Å². The maximum atomic E-state index is 12.8. The molecule has 1 aliphatic rings. The van der Waals surface area contributed by atoms with E-state index in [1.165, 1.54) is 38.7 Å². The summed E-state index contributed by atoms with van der Waals surface area (Å²) in [6.45, 7) is 1.86. The van der Waals surface area contributed by atoms with E-state index in [4.69, 9.17) is 24.5 Å². The summed E-state index contributed by atoms with van der Waals surface area (Å²) in [7, 11) is 4.57. The van der Waals surface area contributed by atoms with E-state index in [0.717, 1.165) is 5.56 Å². The molecule has 0 saturated heterocycles. The van der Waals surface area contributed by atoms with Crippen LogP contribution < -0.4 is 30.6 Å². The highest BCUT2D eigenvalue weighted by atomic mass is 32.1. The number of aliphatic hydroxyl groups excluding tert-OH is 3. The first-order valence-electron chi connectivity index (χ1n) is 13.0. The lowest BCUT2D eigenvalue weighted by Gasteiger charge is -2.27. The van der Waals surface area contributed by atoms with Gasteiger partial charge in [-0.15, -0.1) is 0 Å². The van der Waals surface area contributed by atoms with E-state index in [0.29, 0.717) is 44.2 Å². The number of nitrogen functional groups attached to an aromatic ring is 1. The molecule has 0 fully saturated rings. The summed E-state index contributed by atoms with van der Waals surface area (Å²) in [6.07, 6.45) is -2.79. The monoisotopic (exact) mass is 610 g/mol. The van der Waals surface area contributed by atoms with Gasteiger partial charge in [-0.1, -0.05) is 22.6 Å². The minimum Gasteiger partial charge on any atom is -0.493 e. The number of anilines is 4. The molecule has 5 rings (SSSR count). The Labute approximate surface area is 249 Å². The quantitative estimate of drug-likeness (QED) is 0.161. The first kappa shape index (κ1) is 29.8. The predicted octanol–water partition coefficient (Wildman–Crippen LogP) is 2.87. The van der Waals surface area contributed by atoms with Gasteiger partial charge in [0.1, 0.15) is 22.9 Å². The molecule has 2 heterocycles. The van der Waals surface area contributed by atoms with Crippen LogP contribution in [0.2, 0.25) is 0 Å². The maximum Gasteiger partial charge on any atom is 0.272 e. The number of thiazole rings is 1. The van der Waals surface area contributed by atoms with Crippen LogP contribution >= 0.6 is 11.3 Å². The van der Waals surface area contributed by atoms with Gasteiger partial charge in [-0.05, 0) is 30.7 Å². The molecule has 226 valence electrons. The number of aryl methyl sites for hydroxylation is 1. The lowest BCUT2D eigenvalue weighted by Crippen LogP contribution is -2.41. The van der Waals surface area contributed by atoms with Crippen LogP contribution in [0, 0.1) is 6.92 Å². The SMILES string of the molecule is COc1cc(Nc2nc(N)c(-c3nc(-c4cc(NC(=O)C5=CC(O)C(O)C(O)C5)ccc4C)no3)s2)cc(OC)c1OC. The molecule has 3 atom stereocenters. The molecule has 43 heavy (non-hydrogen) atoms. The number of aliphatic hydroxyl groups is 3. The Morgan fingerprint density at radius 1 is 1.05 bits per heavy atom. The minimum atomic E-state index is -1.34. The molecular weight excluding hydrogens is 580 g/mol. The largest absolute Gasteiger partial charge is 0.493 e. The molecule has 2 aromatic heterocycles. The number of carbonyl (C=O) groups excluding carboxylic acids is 1. The van der Waals surface area contributed by atoms with E-state index in [9.17, 15) is 20.1 Å². The van der Waals surface area contributed by atoms with Crippen molar-refractivity contribution in [3.05, 3.63) is 47.5 Å². The first-order valence-corrected chi connectivity index (χ1v) is 13.8. The number of rotatable bonds is 9. The fourth-order valence-electron chi connectivity index (χ4n) is 4.51. The Kier molecular flexibility index (Phi) is 8.50. The summed E-state index contributed by atoms with van der Waals surface area (Å²) in [5.74, 6) is 1.48. The van der Waals surface area contributed by atoms with Crippen molar-refractivity contribution in [1.29, 1.82) is 0 Å². The van der Waals surface area contributed by atoms with Crippen LogP contribution in [0.25, 0.3) is 22.2 Å². The highest BCUT2D eigenvalue weighted by Crippen LogP contribution is 2.42. The second-order valence-corrected chi connectivity index (χ2v) is 10.6. The van der Waals surface area contributed by atoms with Crippen molar-refractivity contribution < 1.29 is 38.8 Å². The Hall–Kier alpha value is -4.70. The van der Waals surface area contributed by atoms with Crippen molar-refractivity contribution in [2.24, 2.45) is 0 Å². The highest BCUT2D eigenvalue weighted by Gasteiger charge is 2.31. The number of amides is 1. The van der Waals surface area contributed by atoms with Gasteiger partial charge in [-0.3, -0.25) is 4.79 Å². The molecule has 0 radical (unpaired) electrons. The summed E-state index contributed by atoms with van der Waals surface area (Å²) in [4.78, 5) is 22.1. The van der Waals surface area contributed by atoms with Crippen molar-refractivity contribution in [1.82, 2.24) is 15.1 Å². The molecule has 1 amide bonds. The van der Waals surface area contributed by atoms with Gasteiger partial charge in [0, 0.05) is 41.1 Å². The number of methoxy groups -OCH3 is 3. The van der Waals surface area contributed by atoms with Gasteiger partial charge in [-0.25, -0.2) is 4.98 Å². The Balaban J connectivity index is 1.36. The summed E-state index contributed by atoms with van der Waals surface area (Å²) < 4.78 is 21.7. The number of hydrogen-bond acceptors (Lipinski definition) is 14. The second-order valence-electron chi connectivity index (χ2n) is 9.62. The molecule has 1 aliphatic carbocycles. The molecule has 2 aromatic carbocycles. The molecule has 4 aromatic rings. The van der Waals surface area contributed by atoms with Gasteiger partial charge in [0.25, 0.3) is 11.8 Å². The highest BCUT2D eigenvalue weighted by molar-refractivity contribution is 7.19. The summed E-state index contributed by atoms with van der Waals surface area (Å²) in [5, 5.41) is 40.0. The van der Waals surface area contributed by atoms with E-state index in [-0.39, 0.29) is 29.5 Å². The zero-order valence-electron chi connectivity index (χ0n) is 23.6. The van der Waals surface area contributed by atoms with Crippen LogP contribution in [0.3, 0.4) is 0 Å². The Morgan fingerprint density at radius 2 is 1.77 bits per heavy atom. The third kappa shape index (κ3) is 6.10. The number of carbonyl (C=O) groups is 1. The number of nitrogens with one attached hydrogen (secondary N) is 2. The van der Waals surface area contributed by atoms with Crippen molar-refractivity contribution in [3.63, 3.8) is 0 Å². The van der Waals surface area contributed by atoms with Gasteiger partial charge < -0.3 is 50.4 Å². The predicted molar refractivity (Wildman–Crippen MR) is 159 cm³/mol. The third-order valence-corrected chi connectivity index (χ3v) is 7.74. The number of ether oxygens (including phenoxy) is 3. The fourth-order valence-corrected chi connectivity index (χ4v) is 5.33. The number of benzene rings is 2. The van der Waals surface area contributed by atoms with Crippen LogP contribution in [0.15, 0.2) is 46.5 Å². The van der Waals surface area contributed by atoms with Gasteiger partial charge in [0.15, 0.2) is 16.6 Å². The zero-order chi connectivity index (χ0) is 30.8. The Bertz CT molecular complexity index is 1660. The molecule has 0 aliphatic heterocycles. The number of nitrogens with two attached hydrogens (primary N) is 1. The fraction of sp³-hybridized carbons (Fsp3) is 0.286. The number of aromatic nitrogens is 3. The lowest BCUT2D eigenvalue weighted by molar-refractivity contribution is -0.114. The molecule has 0 bridgehead atoms. The number of nitrogens with zero attached hydrogens (tertiary/aromatic N) is 3. The summed E-state index contributed by atoms with van der Waals surface area (Å²) in [6, 6.07) is 8.63. The van der Waals surface area contributed by atoms with Gasteiger partial charge >= 0.3 is 0 Å². The molecule has 7 N–H and O–H groups in total. The second kappa shape index (κ2) is 12.3. The molecule has 0 saturated carbocycles. The van der Waals surface area contributed by atoms with Crippen molar-refractivity contribution in [3.8, 4) is 39.4 Å². The number of hydrogen-bond donors (Lipinski definition) is 6. The summed E-state index contributed by atoms with van der Waals surface area (Å²) in [5.41, 5.74) is 8.83. The van der Waals surface area contributed by atoms with E-state index < -0.39 is 24.2 Å². The van der Waals surface area contributed by atoms with Crippen molar-refractivity contribution >= 4 is 39.6 Å². The van der Waals surface area contributed by atoms with Crippen LogP contribution in [0.5, 0.6) is 17.2 Å². The first-order chi connectivity index (χ1) is 20.6. The van der Waals surface area contributed by atoms with Crippen molar-refractivity contribution in [2.45, 2.75) is 31.7 Å². The standard InChI is InChI=1S/C28H30N6O8S/c1-12-5-6-14(30-26(38)13-7-17(35)21(37)18(36)8-13)9-16(12)25-33-27(42-34-25)23-24(29)32-28(43-23)31-15-10-19(39-2)22(41-4)20(11-15)40-3/h5-7,9-11,17-18,21,35-37H,8,29H2,1-4H3,(H,30,38)(H,31,32). The van der Waals surface area contributed by atoms with E-state index in [1.54, 1.807) is 30.3 Å². The Morgan fingerprint density at radius 3 is 2.42 bits per heavy atom. The molecular formula is C28H30N6O8S. The molecule has 15 heteroatoms. The minimum absolute atomic E-state index is 0.0936. The molecule has 14 nitrogen and oxygen atoms in total. The van der Waals surface area contributed by atoms with Crippen LogP contribution in [-0.2, 0) is 4.79 Å².